The number of rotatable bonds is 2. The molecule has 178 valence electrons. The van der Waals surface area contributed by atoms with Crippen molar-refractivity contribution in [1.29, 1.82) is 0 Å². The van der Waals surface area contributed by atoms with Crippen LogP contribution >= 0.6 is 0 Å². The van der Waals surface area contributed by atoms with Gasteiger partial charge in [-0.25, -0.2) is 0 Å². The molecule has 0 unspecified atom stereocenters. The van der Waals surface area contributed by atoms with E-state index in [4.69, 9.17) is 0 Å². The summed E-state index contributed by atoms with van der Waals surface area (Å²) in [5.74, 6) is 2.39. The number of carbonyl (C=O) groups is 2. The van der Waals surface area contributed by atoms with Gasteiger partial charge in [-0.2, -0.15) is 0 Å². The van der Waals surface area contributed by atoms with Crippen molar-refractivity contribution >= 4 is 11.8 Å². The van der Waals surface area contributed by atoms with Crippen LogP contribution < -0.4 is 0 Å². The summed E-state index contributed by atoms with van der Waals surface area (Å²) >= 11 is 0. The Kier molecular flexibility index (Phi) is 7.79. The Bertz CT molecular complexity index is 560. The fourth-order valence-corrected chi connectivity index (χ4v) is 6.24. The van der Waals surface area contributed by atoms with Gasteiger partial charge in [0.15, 0.2) is 0 Å². The molecule has 0 aromatic heterocycles. The lowest BCUT2D eigenvalue weighted by atomic mass is 9.69. The molecule has 3 aliphatic rings. The molecule has 0 spiro atoms. The molecule has 0 N–H and O–H groups in total. The molecule has 0 atom stereocenters. The summed E-state index contributed by atoms with van der Waals surface area (Å²) in [5.41, 5.74) is 0.678. The van der Waals surface area contributed by atoms with Crippen LogP contribution in [-0.4, -0.2) is 41.4 Å². The predicted molar refractivity (Wildman–Crippen MR) is 127 cm³/mol. The van der Waals surface area contributed by atoms with Crippen LogP contribution in [-0.2, 0) is 9.59 Å². The second-order valence-corrected chi connectivity index (χ2v) is 12.9. The minimum absolute atomic E-state index is 0.163. The van der Waals surface area contributed by atoms with Gasteiger partial charge in [-0.1, -0.05) is 41.5 Å². The van der Waals surface area contributed by atoms with Crippen LogP contribution in [0.15, 0.2) is 0 Å². The molecule has 31 heavy (non-hydrogen) atoms. The SMILES string of the molecule is CC(C)(C)C1CCC(C(=O)N2CCCCN(C(=O)C3CCC(C(C)(C)C)CC3)C2)CC1. The van der Waals surface area contributed by atoms with Gasteiger partial charge in [-0.3, -0.25) is 9.59 Å². The highest BCUT2D eigenvalue weighted by Gasteiger charge is 2.37. The van der Waals surface area contributed by atoms with Crippen LogP contribution in [0.2, 0.25) is 0 Å². The van der Waals surface area contributed by atoms with E-state index in [1.54, 1.807) is 0 Å². The lowest BCUT2D eigenvalue weighted by Gasteiger charge is -2.39. The van der Waals surface area contributed by atoms with E-state index in [1.165, 1.54) is 0 Å². The first kappa shape index (κ1) is 24.6. The van der Waals surface area contributed by atoms with Crippen LogP contribution in [0.1, 0.15) is 106 Å². The average Bonchev–Trinajstić information content (AvgIpc) is 2.98. The van der Waals surface area contributed by atoms with Crippen molar-refractivity contribution in [3.63, 3.8) is 0 Å². The predicted octanol–water partition coefficient (Wildman–Crippen LogP) is 6.10. The van der Waals surface area contributed by atoms with Crippen molar-refractivity contribution in [2.24, 2.45) is 34.5 Å². The highest BCUT2D eigenvalue weighted by atomic mass is 16.2. The fraction of sp³-hybridized carbons (Fsp3) is 0.926. The Labute approximate surface area is 191 Å². The molecule has 0 bridgehead atoms. The zero-order chi connectivity index (χ0) is 22.8. The van der Waals surface area contributed by atoms with Gasteiger partial charge >= 0.3 is 0 Å². The number of hydrogen-bond donors (Lipinski definition) is 0. The van der Waals surface area contributed by atoms with Gasteiger partial charge in [0.2, 0.25) is 11.8 Å². The second kappa shape index (κ2) is 9.83. The summed E-state index contributed by atoms with van der Waals surface area (Å²) in [4.78, 5) is 30.7. The maximum Gasteiger partial charge on any atom is 0.227 e. The molecule has 1 aliphatic heterocycles. The molecule has 1 heterocycles. The summed E-state index contributed by atoms with van der Waals surface area (Å²) < 4.78 is 0. The smallest absolute Gasteiger partial charge is 0.227 e. The van der Waals surface area contributed by atoms with E-state index >= 15 is 0 Å². The summed E-state index contributed by atoms with van der Waals surface area (Å²) in [6.07, 6.45) is 10.7. The molecule has 0 radical (unpaired) electrons. The Hall–Kier alpha value is -1.06. The van der Waals surface area contributed by atoms with Crippen LogP contribution in [0.3, 0.4) is 0 Å². The maximum absolute atomic E-state index is 13.3. The van der Waals surface area contributed by atoms with Gasteiger partial charge in [-0.05, 0) is 86.9 Å². The monoisotopic (exact) mass is 432 g/mol. The fourth-order valence-electron chi connectivity index (χ4n) is 6.24. The van der Waals surface area contributed by atoms with E-state index in [2.05, 4.69) is 41.5 Å². The molecule has 3 rings (SSSR count). The zero-order valence-corrected chi connectivity index (χ0v) is 21.2. The first-order chi connectivity index (χ1) is 14.5. The number of hydrogen-bond acceptors (Lipinski definition) is 2. The van der Waals surface area contributed by atoms with Crippen molar-refractivity contribution in [3.05, 3.63) is 0 Å². The second-order valence-electron chi connectivity index (χ2n) is 12.9. The summed E-state index contributed by atoms with van der Waals surface area (Å²) in [6.45, 7) is 16.1. The largest absolute Gasteiger partial charge is 0.325 e. The van der Waals surface area contributed by atoms with Crippen molar-refractivity contribution in [1.82, 2.24) is 9.80 Å². The molecule has 2 amide bonds. The standard InChI is InChI=1S/C27H48N2O2/c1-26(2,3)22-13-9-20(10-14-22)24(30)28-17-7-8-18-29(19-28)25(31)21-11-15-23(16-12-21)27(4,5)6/h20-23H,7-19H2,1-6H3. The van der Waals surface area contributed by atoms with Crippen LogP contribution in [0.5, 0.6) is 0 Å². The van der Waals surface area contributed by atoms with E-state index in [0.717, 1.165) is 89.1 Å². The van der Waals surface area contributed by atoms with Gasteiger partial charge in [0.1, 0.15) is 0 Å². The van der Waals surface area contributed by atoms with Crippen LogP contribution in [0.4, 0.5) is 0 Å². The molecule has 0 aromatic rings. The minimum Gasteiger partial charge on any atom is -0.325 e. The normalized spacial score (nSPS) is 31.3. The van der Waals surface area contributed by atoms with Crippen molar-refractivity contribution < 1.29 is 9.59 Å². The Balaban J connectivity index is 1.55. The number of carbonyl (C=O) groups excluding carboxylic acids is 2. The van der Waals surface area contributed by atoms with Crippen molar-refractivity contribution in [3.8, 4) is 0 Å². The lowest BCUT2D eigenvalue weighted by Crippen LogP contribution is -2.47. The molecular weight excluding hydrogens is 384 g/mol. The third-order valence-electron chi connectivity index (χ3n) is 8.67. The highest BCUT2D eigenvalue weighted by Crippen LogP contribution is 2.41. The van der Waals surface area contributed by atoms with Crippen molar-refractivity contribution in [2.75, 3.05) is 19.8 Å². The maximum atomic E-state index is 13.3. The van der Waals surface area contributed by atoms with Gasteiger partial charge in [-0.15, -0.1) is 0 Å². The first-order valence-electron chi connectivity index (χ1n) is 13.0. The molecule has 4 heteroatoms. The lowest BCUT2D eigenvalue weighted by molar-refractivity contribution is -0.145. The average molecular weight is 433 g/mol. The van der Waals surface area contributed by atoms with Gasteiger partial charge in [0.05, 0.1) is 6.67 Å². The highest BCUT2D eigenvalue weighted by molar-refractivity contribution is 5.81. The molecule has 0 aromatic carbocycles. The van der Waals surface area contributed by atoms with Gasteiger partial charge < -0.3 is 9.80 Å². The minimum atomic E-state index is 0.163. The third-order valence-corrected chi connectivity index (χ3v) is 8.67. The zero-order valence-electron chi connectivity index (χ0n) is 21.2. The van der Waals surface area contributed by atoms with E-state index < -0.39 is 0 Å². The van der Waals surface area contributed by atoms with Gasteiger partial charge in [0, 0.05) is 24.9 Å². The Morgan fingerprint density at radius 1 is 0.581 bits per heavy atom. The first-order valence-corrected chi connectivity index (χ1v) is 13.0. The molecule has 2 saturated carbocycles. The molecule has 2 aliphatic carbocycles. The summed E-state index contributed by atoms with van der Waals surface area (Å²) in [5, 5.41) is 0. The molecule has 1 saturated heterocycles. The van der Waals surface area contributed by atoms with E-state index in [0.29, 0.717) is 29.3 Å². The molecular formula is C27H48N2O2. The van der Waals surface area contributed by atoms with Gasteiger partial charge in [0.25, 0.3) is 0 Å². The van der Waals surface area contributed by atoms with Crippen LogP contribution in [0.25, 0.3) is 0 Å². The van der Waals surface area contributed by atoms with E-state index in [9.17, 15) is 9.59 Å². The number of nitrogens with zero attached hydrogens (tertiary/aromatic N) is 2. The molecule has 4 nitrogen and oxygen atoms in total. The number of amides is 2. The third kappa shape index (κ3) is 6.26. The molecule has 3 fully saturated rings. The van der Waals surface area contributed by atoms with E-state index in [-0.39, 0.29) is 11.8 Å². The quantitative estimate of drug-likeness (QED) is 0.529. The Morgan fingerprint density at radius 3 is 1.19 bits per heavy atom. The topological polar surface area (TPSA) is 40.6 Å². The van der Waals surface area contributed by atoms with Crippen molar-refractivity contribution in [2.45, 2.75) is 106 Å². The summed E-state index contributed by atoms with van der Waals surface area (Å²) in [6, 6.07) is 0. The van der Waals surface area contributed by atoms with E-state index in [1.807, 2.05) is 9.80 Å². The Morgan fingerprint density at radius 2 is 0.903 bits per heavy atom. The van der Waals surface area contributed by atoms with Crippen LogP contribution in [0, 0.1) is 34.5 Å². The summed E-state index contributed by atoms with van der Waals surface area (Å²) in [7, 11) is 0.